The van der Waals surface area contributed by atoms with Crippen LogP contribution in [0.3, 0.4) is 0 Å². The topological polar surface area (TPSA) is 111 Å². The van der Waals surface area contributed by atoms with Crippen molar-refractivity contribution in [2.45, 2.75) is 17.2 Å². The van der Waals surface area contributed by atoms with Crippen molar-refractivity contribution in [3.8, 4) is 5.75 Å². The summed E-state index contributed by atoms with van der Waals surface area (Å²) in [6.45, 7) is 1.24. The van der Waals surface area contributed by atoms with E-state index < -0.39 is 28.5 Å². The van der Waals surface area contributed by atoms with Crippen LogP contribution in [0.2, 0.25) is 0 Å². The molecular weight excluding hydrogens is 444 g/mol. The van der Waals surface area contributed by atoms with Crippen molar-refractivity contribution in [3.05, 3.63) is 46.8 Å². The lowest BCUT2D eigenvalue weighted by molar-refractivity contribution is -0.147. The van der Waals surface area contributed by atoms with Crippen molar-refractivity contribution < 1.29 is 32.2 Å². The number of benzene rings is 1. The number of morpholine rings is 1. The largest absolute Gasteiger partial charge is 0.497 e. The molecule has 1 aliphatic heterocycles. The first-order valence-corrected chi connectivity index (χ1v) is 11.9. The van der Waals surface area contributed by atoms with Crippen LogP contribution >= 0.6 is 11.3 Å². The van der Waals surface area contributed by atoms with Gasteiger partial charge in [0, 0.05) is 24.5 Å². The predicted octanol–water partition coefficient (Wildman–Crippen LogP) is 1.18. The highest BCUT2D eigenvalue weighted by Gasteiger charge is 2.28. The Hall–Kier alpha value is -2.47. The van der Waals surface area contributed by atoms with Gasteiger partial charge in [0.15, 0.2) is 6.61 Å². The number of thiophene rings is 1. The lowest BCUT2D eigenvalue weighted by Gasteiger charge is -2.25. The summed E-state index contributed by atoms with van der Waals surface area (Å²) in [5.74, 6) is -0.304. The summed E-state index contributed by atoms with van der Waals surface area (Å²) >= 11 is 1.02. The number of amides is 1. The second-order valence-electron chi connectivity index (χ2n) is 6.70. The molecule has 11 heteroatoms. The van der Waals surface area contributed by atoms with Gasteiger partial charge >= 0.3 is 5.97 Å². The maximum absolute atomic E-state index is 12.6. The number of nitrogens with zero attached hydrogens (tertiary/aromatic N) is 1. The molecule has 1 N–H and O–H groups in total. The van der Waals surface area contributed by atoms with E-state index in [1.165, 1.54) is 10.4 Å². The molecule has 1 amide bonds. The van der Waals surface area contributed by atoms with Gasteiger partial charge in [0.2, 0.25) is 0 Å². The quantitative estimate of drug-likeness (QED) is 0.550. The summed E-state index contributed by atoms with van der Waals surface area (Å²) in [6, 6.07) is 10.3. The molecule has 168 valence electrons. The van der Waals surface area contributed by atoms with Crippen LogP contribution in [0, 0.1) is 0 Å². The number of hydrogen-bond acceptors (Lipinski definition) is 8. The first kappa shape index (κ1) is 23.2. The van der Waals surface area contributed by atoms with Gasteiger partial charge in [-0.25, -0.2) is 8.42 Å². The Bertz CT molecular complexity index is 997. The number of methoxy groups -OCH3 is 1. The molecular formula is C20H24N2O7S2. The number of rotatable bonds is 9. The van der Waals surface area contributed by atoms with Crippen molar-refractivity contribution in [2.24, 2.45) is 0 Å². The Morgan fingerprint density at radius 3 is 2.52 bits per heavy atom. The molecule has 1 aromatic carbocycles. The van der Waals surface area contributed by atoms with E-state index in [4.69, 9.17) is 14.2 Å². The van der Waals surface area contributed by atoms with Gasteiger partial charge < -0.3 is 19.5 Å². The zero-order chi connectivity index (χ0) is 22.3. The molecule has 1 aliphatic rings. The number of nitrogens with one attached hydrogen (secondary N) is 1. The van der Waals surface area contributed by atoms with Crippen LogP contribution in [0.15, 0.2) is 40.6 Å². The number of ether oxygens (including phenoxy) is 3. The van der Waals surface area contributed by atoms with E-state index >= 15 is 0 Å². The van der Waals surface area contributed by atoms with E-state index in [9.17, 15) is 18.0 Å². The van der Waals surface area contributed by atoms with E-state index in [-0.39, 0.29) is 10.6 Å². The van der Waals surface area contributed by atoms with Crippen molar-refractivity contribution >= 4 is 33.2 Å². The van der Waals surface area contributed by atoms with E-state index in [1.54, 1.807) is 25.3 Å². The van der Waals surface area contributed by atoms with Gasteiger partial charge in [-0.05, 0) is 29.8 Å². The third-order valence-electron chi connectivity index (χ3n) is 4.53. The molecule has 1 aromatic heterocycles. The molecule has 31 heavy (non-hydrogen) atoms. The molecule has 9 nitrogen and oxygen atoms in total. The zero-order valence-corrected chi connectivity index (χ0v) is 18.7. The van der Waals surface area contributed by atoms with Crippen LogP contribution in [-0.4, -0.2) is 64.6 Å². The molecule has 2 aromatic rings. The summed E-state index contributed by atoms with van der Waals surface area (Å²) in [6.07, 6.45) is -0.102. The third-order valence-corrected chi connectivity index (χ3v) is 7.98. The standard InChI is InChI=1S/C20H24N2O7S2/c1-27-16-4-2-15(3-5-16)13-21-18(23)14-29-19(24)12-17-6-7-20(30-17)31(25,26)22-8-10-28-11-9-22/h2-7H,8-14H2,1H3,(H,21,23). The molecule has 3 rings (SSSR count). The summed E-state index contributed by atoms with van der Waals surface area (Å²) in [5.41, 5.74) is 0.882. The third kappa shape index (κ3) is 6.50. The van der Waals surface area contributed by atoms with Crippen molar-refractivity contribution in [2.75, 3.05) is 40.0 Å². The fourth-order valence-electron chi connectivity index (χ4n) is 2.84. The minimum atomic E-state index is -3.59. The van der Waals surface area contributed by atoms with Crippen LogP contribution in [0.5, 0.6) is 5.75 Å². The maximum atomic E-state index is 12.6. The number of carbonyl (C=O) groups is 2. The van der Waals surface area contributed by atoms with Crippen LogP contribution in [0.4, 0.5) is 0 Å². The molecule has 1 fully saturated rings. The van der Waals surface area contributed by atoms with E-state index in [2.05, 4.69) is 5.32 Å². The highest BCUT2D eigenvalue weighted by atomic mass is 32.2. The normalized spacial score (nSPS) is 14.7. The van der Waals surface area contributed by atoms with Crippen molar-refractivity contribution in [1.82, 2.24) is 9.62 Å². The highest BCUT2D eigenvalue weighted by molar-refractivity contribution is 7.91. The monoisotopic (exact) mass is 468 g/mol. The maximum Gasteiger partial charge on any atom is 0.311 e. The minimum absolute atomic E-state index is 0.102. The molecule has 0 saturated carbocycles. The average molecular weight is 469 g/mol. The molecule has 1 saturated heterocycles. The Kier molecular flexibility index (Phi) is 8.02. The molecule has 0 radical (unpaired) electrons. The Morgan fingerprint density at radius 2 is 1.84 bits per heavy atom. The molecule has 0 spiro atoms. The predicted molar refractivity (Wildman–Crippen MR) is 113 cm³/mol. The van der Waals surface area contributed by atoms with Crippen LogP contribution in [-0.2, 0) is 42.1 Å². The van der Waals surface area contributed by atoms with Gasteiger partial charge in [-0.1, -0.05) is 12.1 Å². The number of carbonyl (C=O) groups excluding carboxylic acids is 2. The second kappa shape index (κ2) is 10.7. The summed E-state index contributed by atoms with van der Waals surface area (Å²) in [4.78, 5) is 24.5. The highest BCUT2D eigenvalue weighted by Crippen LogP contribution is 2.26. The van der Waals surface area contributed by atoms with Gasteiger partial charge in [-0.15, -0.1) is 11.3 Å². The average Bonchev–Trinajstić information content (AvgIpc) is 3.26. The minimum Gasteiger partial charge on any atom is -0.497 e. The summed E-state index contributed by atoms with van der Waals surface area (Å²) in [7, 11) is -2.02. The van der Waals surface area contributed by atoms with Gasteiger partial charge in [0.05, 0.1) is 26.7 Å². The van der Waals surface area contributed by atoms with Gasteiger partial charge in [0.1, 0.15) is 9.96 Å². The van der Waals surface area contributed by atoms with E-state index in [0.717, 1.165) is 22.6 Å². The van der Waals surface area contributed by atoms with E-state index in [1.807, 2.05) is 12.1 Å². The zero-order valence-electron chi connectivity index (χ0n) is 17.0. The van der Waals surface area contributed by atoms with Crippen LogP contribution in [0.25, 0.3) is 0 Å². The first-order valence-electron chi connectivity index (χ1n) is 9.60. The lowest BCUT2D eigenvalue weighted by atomic mass is 10.2. The van der Waals surface area contributed by atoms with Gasteiger partial charge in [-0.3, -0.25) is 9.59 Å². The molecule has 0 unspecified atom stereocenters. The van der Waals surface area contributed by atoms with Gasteiger partial charge in [-0.2, -0.15) is 4.31 Å². The number of hydrogen-bond donors (Lipinski definition) is 1. The molecule has 0 aliphatic carbocycles. The smallest absolute Gasteiger partial charge is 0.311 e. The Labute approximate surface area is 185 Å². The van der Waals surface area contributed by atoms with Crippen LogP contribution < -0.4 is 10.1 Å². The SMILES string of the molecule is COc1ccc(CNC(=O)COC(=O)Cc2ccc(S(=O)(=O)N3CCOCC3)s2)cc1. The Balaban J connectivity index is 1.43. The van der Waals surface area contributed by atoms with Crippen molar-refractivity contribution in [1.29, 1.82) is 0 Å². The molecule has 0 bridgehead atoms. The van der Waals surface area contributed by atoms with E-state index in [0.29, 0.717) is 37.7 Å². The fraction of sp³-hybridized carbons (Fsp3) is 0.400. The number of sulfonamides is 1. The first-order chi connectivity index (χ1) is 14.9. The van der Waals surface area contributed by atoms with Crippen LogP contribution in [0.1, 0.15) is 10.4 Å². The fourth-order valence-corrected chi connectivity index (χ4v) is 5.74. The molecule has 2 heterocycles. The van der Waals surface area contributed by atoms with Gasteiger partial charge in [0.25, 0.3) is 15.9 Å². The summed E-state index contributed by atoms with van der Waals surface area (Å²) < 4.78 is 42.1. The Morgan fingerprint density at radius 1 is 1.13 bits per heavy atom. The van der Waals surface area contributed by atoms with Crippen molar-refractivity contribution in [3.63, 3.8) is 0 Å². The number of esters is 1. The second-order valence-corrected chi connectivity index (χ2v) is 10.0. The summed E-state index contributed by atoms with van der Waals surface area (Å²) in [5, 5.41) is 2.67. The molecule has 0 atom stereocenters. The lowest BCUT2D eigenvalue weighted by Crippen LogP contribution is -2.40.